The minimum Gasteiger partial charge on any atom is -0.496 e. The van der Waals surface area contributed by atoms with E-state index >= 15 is 0 Å². The largest absolute Gasteiger partial charge is 0.496 e. The van der Waals surface area contributed by atoms with Crippen LogP contribution in [0.2, 0.25) is 5.02 Å². The second kappa shape index (κ2) is 9.19. The molecule has 0 saturated heterocycles. The molecule has 2 aromatic carbocycles. The molecule has 1 aromatic heterocycles. The van der Waals surface area contributed by atoms with Gasteiger partial charge in [-0.1, -0.05) is 23.7 Å². The smallest absolute Gasteiger partial charge is 0.214 e. The summed E-state index contributed by atoms with van der Waals surface area (Å²) in [5, 5.41) is 7.70. The van der Waals surface area contributed by atoms with Crippen molar-refractivity contribution < 1.29 is 14.2 Å². The zero-order valence-corrected chi connectivity index (χ0v) is 18.2. The first kappa shape index (κ1) is 21.0. The van der Waals surface area contributed by atoms with Crippen molar-refractivity contribution in [1.29, 1.82) is 0 Å². The van der Waals surface area contributed by atoms with Gasteiger partial charge >= 0.3 is 0 Å². The lowest BCUT2D eigenvalue weighted by Gasteiger charge is -2.17. The van der Waals surface area contributed by atoms with Crippen molar-refractivity contribution in [3.05, 3.63) is 51.8 Å². The van der Waals surface area contributed by atoms with Gasteiger partial charge in [-0.15, -0.1) is 0 Å². The number of nitrogens with zero attached hydrogens (tertiary/aromatic N) is 2. The molecule has 2 N–H and O–H groups in total. The number of ether oxygens (including phenoxy) is 3. The Labute approximate surface area is 179 Å². The van der Waals surface area contributed by atoms with Crippen molar-refractivity contribution in [2.75, 3.05) is 19.6 Å². The molecule has 7 nitrogen and oxygen atoms in total. The summed E-state index contributed by atoms with van der Waals surface area (Å²) in [7, 11) is 3.21. The Morgan fingerprint density at radius 3 is 2.55 bits per heavy atom. The quantitative estimate of drug-likeness (QED) is 0.496. The van der Waals surface area contributed by atoms with Gasteiger partial charge in [0, 0.05) is 11.1 Å². The van der Waals surface area contributed by atoms with E-state index in [1.54, 1.807) is 25.0 Å². The van der Waals surface area contributed by atoms with Gasteiger partial charge in [0.1, 0.15) is 5.75 Å². The third kappa shape index (κ3) is 4.65. The van der Waals surface area contributed by atoms with Gasteiger partial charge in [0.15, 0.2) is 17.3 Å². The van der Waals surface area contributed by atoms with E-state index in [4.69, 9.17) is 38.0 Å². The summed E-state index contributed by atoms with van der Waals surface area (Å²) >= 11 is 11.9. The number of aromatic amines is 1. The number of nitrogens with one attached hydrogen (secondary N) is 2. The SMILES string of the molecule is COc1cc(CNn2c(-c3ccccc3OC)n[nH]c2=S)c(Cl)cc1OC(C)C. The van der Waals surface area contributed by atoms with E-state index < -0.39 is 0 Å². The maximum Gasteiger partial charge on any atom is 0.214 e. The first-order valence-electron chi connectivity index (χ1n) is 9.02. The summed E-state index contributed by atoms with van der Waals surface area (Å²) in [6.07, 6.45) is 0.0108. The average molecular weight is 435 g/mol. The zero-order valence-electron chi connectivity index (χ0n) is 16.7. The van der Waals surface area contributed by atoms with Crippen LogP contribution in [-0.2, 0) is 6.54 Å². The van der Waals surface area contributed by atoms with Crippen molar-refractivity contribution in [2.24, 2.45) is 0 Å². The summed E-state index contributed by atoms with van der Waals surface area (Å²) < 4.78 is 18.8. The van der Waals surface area contributed by atoms with Crippen LogP contribution in [0.25, 0.3) is 11.4 Å². The number of para-hydroxylation sites is 1. The fraction of sp³-hybridized carbons (Fsp3) is 0.300. The number of hydrogen-bond acceptors (Lipinski definition) is 6. The van der Waals surface area contributed by atoms with Crippen LogP contribution >= 0.6 is 23.8 Å². The lowest BCUT2D eigenvalue weighted by Crippen LogP contribution is -2.16. The van der Waals surface area contributed by atoms with Gasteiger partial charge in [-0.25, -0.2) is 9.77 Å². The molecule has 0 unspecified atom stereocenters. The van der Waals surface area contributed by atoms with E-state index in [9.17, 15) is 0 Å². The highest BCUT2D eigenvalue weighted by molar-refractivity contribution is 7.71. The normalized spacial score (nSPS) is 10.8. The Morgan fingerprint density at radius 1 is 1.14 bits per heavy atom. The fourth-order valence-electron chi connectivity index (χ4n) is 2.84. The van der Waals surface area contributed by atoms with E-state index in [0.29, 0.717) is 39.4 Å². The van der Waals surface area contributed by atoms with Crippen LogP contribution < -0.4 is 19.6 Å². The van der Waals surface area contributed by atoms with Crippen LogP contribution in [-0.4, -0.2) is 35.2 Å². The molecule has 0 fully saturated rings. The van der Waals surface area contributed by atoms with Crippen LogP contribution in [0, 0.1) is 4.77 Å². The predicted octanol–water partition coefficient (Wildman–Crippen LogP) is 4.81. The molecule has 0 radical (unpaired) electrons. The monoisotopic (exact) mass is 434 g/mol. The third-order valence-corrected chi connectivity index (χ3v) is 4.77. The number of methoxy groups -OCH3 is 2. The maximum absolute atomic E-state index is 6.47. The molecule has 0 aliphatic rings. The lowest BCUT2D eigenvalue weighted by atomic mass is 10.2. The molecule has 3 rings (SSSR count). The van der Waals surface area contributed by atoms with Gasteiger partial charge in [-0.2, -0.15) is 5.10 Å². The van der Waals surface area contributed by atoms with Gasteiger partial charge in [-0.3, -0.25) is 0 Å². The summed E-state index contributed by atoms with van der Waals surface area (Å²) in [5.41, 5.74) is 4.89. The predicted molar refractivity (Wildman–Crippen MR) is 116 cm³/mol. The van der Waals surface area contributed by atoms with Crippen molar-refractivity contribution in [2.45, 2.75) is 26.5 Å². The number of hydrogen-bond donors (Lipinski definition) is 2. The molecule has 0 bridgehead atoms. The molecule has 1 heterocycles. The highest BCUT2D eigenvalue weighted by atomic mass is 35.5. The van der Waals surface area contributed by atoms with Gasteiger partial charge in [0.2, 0.25) is 4.77 Å². The van der Waals surface area contributed by atoms with E-state index in [1.807, 2.05) is 44.2 Å². The molecule has 3 aromatic rings. The van der Waals surface area contributed by atoms with Crippen molar-refractivity contribution in [3.8, 4) is 28.6 Å². The van der Waals surface area contributed by atoms with E-state index in [2.05, 4.69) is 15.6 Å². The Balaban J connectivity index is 1.90. The Kier molecular flexibility index (Phi) is 6.66. The molecule has 0 aliphatic heterocycles. The lowest BCUT2D eigenvalue weighted by molar-refractivity contribution is 0.230. The molecule has 29 heavy (non-hydrogen) atoms. The van der Waals surface area contributed by atoms with Crippen LogP contribution in [0.15, 0.2) is 36.4 Å². The molecule has 0 atom stereocenters. The van der Waals surface area contributed by atoms with Crippen molar-refractivity contribution >= 4 is 23.8 Å². The third-order valence-electron chi connectivity index (χ3n) is 4.14. The van der Waals surface area contributed by atoms with Gasteiger partial charge in [0.25, 0.3) is 0 Å². The minimum absolute atomic E-state index is 0.0108. The van der Waals surface area contributed by atoms with Crippen LogP contribution in [0.4, 0.5) is 0 Å². The number of halogens is 1. The van der Waals surface area contributed by atoms with Gasteiger partial charge in [-0.05, 0) is 49.8 Å². The number of aromatic nitrogens is 3. The highest BCUT2D eigenvalue weighted by Crippen LogP contribution is 2.34. The summed E-state index contributed by atoms with van der Waals surface area (Å²) in [4.78, 5) is 0. The standard InChI is InChI=1S/C20H23ClN4O3S/c1-12(2)28-18-10-15(21)13(9-17(18)27-4)11-22-25-19(23-24-20(25)29)14-7-5-6-8-16(14)26-3/h5-10,12,22H,11H2,1-4H3,(H,24,29). The van der Waals surface area contributed by atoms with Crippen molar-refractivity contribution in [3.63, 3.8) is 0 Å². The number of H-pyrrole nitrogens is 1. The molecule has 0 aliphatic carbocycles. The second-order valence-corrected chi connectivity index (χ2v) is 7.28. The van der Waals surface area contributed by atoms with E-state index in [0.717, 1.165) is 11.1 Å². The topological polar surface area (TPSA) is 73.3 Å². The summed E-state index contributed by atoms with van der Waals surface area (Å²) in [5.74, 6) is 2.52. The molecule has 9 heteroatoms. The summed E-state index contributed by atoms with van der Waals surface area (Å²) in [6.45, 7) is 4.29. The Bertz CT molecular complexity index is 1050. The molecule has 0 saturated carbocycles. The van der Waals surface area contributed by atoms with Gasteiger partial charge < -0.3 is 19.6 Å². The maximum atomic E-state index is 6.47. The zero-order chi connectivity index (χ0) is 21.0. The van der Waals surface area contributed by atoms with Crippen LogP contribution in [0.1, 0.15) is 19.4 Å². The van der Waals surface area contributed by atoms with Gasteiger partial charge in [0.05, 0.1) is 32.4 Å². The molecule has 0 amide bonds. The molecule has 154 valence electrons. The van der Waals surface area contributed by atoms with Crippen molar-refractivity contribution in [1.82, 2.24) is 14.9 Å². The molecular formula is C20H23ClN4O3S. The average Bonchev–Trinajstić information content (AvgIpc) is 3.07. The van der Waals surface area contributed by atoms with E-state index in [1.165, 1.54) is 0 Å². The van der Waals surface area contributed by atoms with Crippen LogP contribution in [0.5, 0.6) is 17.2 Å². The number of rotatable bonds is 8. The first-order valence-corrected chi connectivity index (χ1v) is 9.81. The molecule has 0 spiro atoms. The fourth-order valence-corrected chi connectivity index (χ4v) is 3.25. The molecular weight excluding hydrogens is 412 g/mol. The minimum atomic E-state index is 0.0108. The number of benzene rings is 2. The first-order chi connectivity index (χ1) is 13.9. The van der Waals surface area contributed by atoms with Crippen LogP contribution in [0.3, 0.4) is 0 Å². The van der Waals surface area contributed by atoms with E-state index in [-0.39, 0.29) is 6.10 Å². The Morgan fingerprint density at radius 2 is 1.86 bits per heavy atom. The Hall–Kier alpha value is -2.71. The summed E-state index contributed by atoms with van der Waals surface area (Å²) in [6, 6.07) is 11.2. The second-order valence-electron chi connectivity index (χ2n) is 6.48. The highest BCUT2D eigenvalue weighted by Gasteiger charge is 2.15.